The van der Waals surface area contributed by atoms with E-state index in [4.69, 9.17) is 4.74 Å². The SMILES string of the molecule is COc1ccc([C@@H](N2CCNCC2)C(F)(F)F)cc1C.Cl.Cl. The van der Waals surface area contributed by atoms with Gasteiger partial charge in [-0.3, -0.25) is 4.90 Å². The maximum absolute atomic E-state index is 13.4. The van der Waals surface area contributed by atoms with Crippen LogP contribution in [0, 0.1) is 6.92 Å². The predicted octanol–water partition coefficient (Wildman–Crippen LogP) is 3.36. The van der Waals surface area contributed by atoms with Gasteiger partial charge in [-0.1, -0.05) is 12.1 Å². The maximum atomic E-state index is 13.4. The molecule has 1 aliphatic rings. The third-order valence-corrected chi connectivity index (χ3v) is 3.56. The molecular formula is C14H21Cl2F3N2O. The minimum Gasteiger partial charge on any atom is -0.496 e. The molecule has 1 atom stereocenters. The minimum absolute atomic E-state index is 0. The highest BCUT2D eigenvalue weighted by Gasteiger charge is 2.44. The van der Waals surface area contributed by atoms with Gasteiger partial charge in [-0.15, -0.1) is 24.8 Å². The zero-order valence-corrected chi connectivity index (χ0v) is 14.1. The third kappa shape index (κ3) is 4.91. The van der Waals surface area contributed by atoms with E-state index >= 15 is 0 Å². The quantitative estimate of drug-likeness (QED) is 0.894. The molecule has 2 rings (SSSR count). The lowest BCUT2D eigenvalue weighted by molar-refractivity contribution is -0.187. The van der Waals surface area contributed by atoms with Gasteiger partial charge in [0.2, 0.25) is 0 Å². The van der Waals surface area contributed by atoms with E-state index in [1.54, 1.807) is 19.1 Å². The Morgan fingerprint density at radius 3 is 2.23 bits per heavy atom. The number of piperazine rings is 1. The second-order valence-corrected chi connectivity index (χ2v) is 4.96. The van der Waals surface area contributed by atoms with Crippen molar-refractivity contribution in [2.45, 2.75) is 19.1 Å². The molecule has 1 aliphatic heterocycles. The lowest BCUT2D eigenvalue weighted by Crippen LogP contribution is -2.49. The summed E-state index contributed by atoms with van der Waals surface area (Å²) >= 11 is 0. The van der Waals surface area contributed by atoms with Crippen LogP contribution < -0.4 is 10.1 Å². The number of benzene rings is 1. The summed E-state index contributed by atoms with van der Waals surface area (Å²) in [6, 6.07) is 3.13. The van der Waals surface area contributed by atoms with Gasteiger partial charge in [0.1, 0.15) is 11.8 Å². The van der Waals surface area contributed by atoms with E-state index in [2.05, 4.69) is 5.32 Å². The normalized spacial score (nSPS) is 17.1. The first-order valence-electron chi connectivity index (χ1n) is 6.59. The zero-order chi connectivity index (χ0) is 14.8. The Bertz CT molecular complexity index is 466. The van der Waals surface area contributed by atoms with E-state index in [1.165, 1.54) is 18.1 Å². The monoisotopic (exact) mass is 360 g/mol. The molecule has 3 nitrogen and oxygen atoms in total. The fourth-order valence-electron chi connectivity index (χ4n) is 2.62. The van der Waals surface area contributed by atoms with Crippen molar-refractivity contribution in [1.29, 1.82) is 0 Å². The molecule has 0 aliphatic carbocycles. The summed E-state index contributed by atoms with van der Waals surface area (Å²) < 4.78 is 45.3. The van der Waals surface area contributed by atoms with Crippen molar-refractivity contribution < 1.29 is 17.9 Å². The molecule has 1 N–H and O–H groups in total. The molecule has 128 valence electrons. The van der Waals surface area contributed by atoms with Crippen LogP contribution in [0.3, 0.4) is 0 Å². The van der Waals surface area contributed by atoms with Crippen LogP contribution in [0.4, 0.5) is 13.2 Å². The van der Waals surface area contributed by atoms with E-state index in [0.717, 1.165) is 5.56 Å². The lowest BCUT2D eigenvalue weighted by Gasteiger charge is -2.36. The van der Waals surface area contributed by atoms with Crippen LogP contribution in [0.2, 0.25) is 0 Å². The van der Waals surface area contributed by atoms with Crippen molar-refractivity contribution in [2.75, 3.05) is 33.3 Å². The smallest absolute Gasteiger partial charge is 0.408 e. The van der Waals surface area contributed by atoms with Gasteiger partial charge >= 0.3 is 6.18 Å². The Balaban J connectivity index is 0.00000220. The Morgan fingerprint density at radius 1 is 1.18 bits per heavy atom. The summed E-state index contributed by atoms with van der Waals surface area (Å²) in [4.78, 5) is 1.48. The number of hydrogen-bond donors (Lipinski definition) is 1. The first kappa shape index (κ1) is 21.3. The molecule has 0 bridgehead atoms. The minimum atomic E-state index is -4.28. The molecule has 22 heavy (non-hydrogen) atoms. The van der Waals surface area contributed by atoms with Gasteiger partial charge in [-0.05, 0) is 24.1 Å². The van der Waals surface area contributed by atoms with E-state index in [1.807, 2.05) is 0 Å². The second-order valence-electron chi connectivity index (χ2n) is 4.96. The second kappa shape index (κ2) is 8.82. The summed E-state index contributed by atoms with van der Waals surface area (Å²) in [6.45, 7) is 3.72. The third-order valence-electron chi connectivity index (χ3n) is 3.56. The van der Waals surface area contributed by atoms with Crippen molar-refractivity contribution in [1.82, 2.24) is 10.2 Å². The Morgan fingerprint density at radius 2 is 1.77 bits per heavy atom. The first-order chi connectivity index (χ1) is 9.43. The predicted molar refractivity (Wildman–Crippen MR) is 85.5 cm³/mol. The van der Waals surface area contributed by atoms with E-state index in [-0.39, 0.29) is 30.4 Å². The van der Waals surface area contributed by atoms with Gasteiger partial charge in [0.05, 0.1) is 7.11 Å². The van der Waals surface area contributed by atoms with Crippen LogP contribution in [-0.2, 0) is 0 Å². The number of methoxy groups -OCH3 is 1. The van der Waals surface area contributed by atoms with Crippen molar-refractivity contribution in [3.05, 3.63) is 29.3 Å². The van der Waals surface area contributed by atoms with Crippen LogP contribution in [0.15, 0.2) is 18.2 Å². The lowest BCUT2D eigenvalue weighted by atomic mass is 10.0. The number of hydrogen-bond acceptors (Lipinski definition) is 3. The van der Waals surface area contributed by atoms with Crippen LogP contribution in [-0.4, -0.2) is 44.4 Å². The molecule has 0 saturated carbocycles. The number of nitrogens with one attached hydrogen (secondary N) is 1. The summed E-state index contributed by atoms with van der Waals surface area (Å²) in [5.74, 6) is 0.606. The van der Waals surface area contributed by atoms with Gasteiger partial charge < -0.3 is 10.1 Å². The molecule has 0 radical (unpaired) electrons. The van der Waals surface area contributed by atoms with Crippen LogP contribution in [0.5, 0.6) is 5.75 Å². The standard InChI is InChI=1S/C14H19F3N2O.2ClH/c1-10-9-11(3-4-12(10)20-2)13(14(15,16)17)19-7-5-18-6-8-19;;/h3-4,9,13,18H,5-8H2,1-2H3;2*1H/t13-;;/m1../s1. The molecule has 1 fully saturated rings. The fraction of sp³-hybridized carbons (Fsp3) is 0.571. The topological polar surface area (TPSA) is 24.5 Å². The number of nitrogens with zero attached hydrogens (tertiary/aromatic N) is 1. The van der Waals surface area contributed by atoms with Crippen molar-refractivity contribution >= 4 is 24.8 Å². The highest BCUT2D eigenvalue weighted by molar-refractivity contribution is 5.85. The van der Waals surface area contributed by atoms with Gasteiger partial charge in [-0.2, -0.15) is 13.2 Å². The Labute approximate surface area is 141 Å². The highest BCUT2D eigenvalue weighted by Crippen LogP contribution is 2.39. The Kier molecular flexibility index (Phi) is 8.54. The fourth-order valence-corrected chi connectivity index (χ4v) is 2.62. The summed E-state index contributed by atoms with van der Waals surface area (Å²) in [5, 5.41) is 3.07. The number of rotatable bonds is 3. The zero-order valence-electron chi connectivity index (χ0n) is 12.4. The van der Waals surface area contributed by atoms with Gasteiger partial charge in [0.15, 0.2) is 0 Å². The van der Waals surface area contributed by atoms with Gasteiger partial charge in [0, 0.05) is 26.2 Å². The number of ether oxygens (including phenoxy) is 1. The number of alkyl halides is 3. The summed E-state index contributed by atoms with van der Waals surface area (Å²) in [6.07, 6.45) is -4.28. The van der Waals surface area contributed by atoms with Crippen LogP contribution >= 0.6 is 24.8 Å². The average molecular weight is 361 g/mol. The summed E-state index contributed by atoms with van der Waals surface area (Å²) in [7, 11) is 1.51. The molecule has 0 spiro atoms. The number of aryl methyl sites for hydroxylation is 1. The van der Waals surface area contributed by atoms with E-state index < -0.39 is 12.2 Å². The molecule has 1 saturated heterocycles. The van der Waals surface area contributed by atoms with E-state index in [0.29, 0.717) is 31.9 Å². The van der Waals surface area contributed by atoms with Crippen LogP contribution in [0.1, 0.15) is 17.2 Å². The maximum Gasteiger partial charge on any atom is 0.408 e. The molecule has 1 heterocycles. The van der Waals surface area contributed by atoms with Gasteiger partial charge in [0.25, 0.3) is 0 Å². The molecule has 0 aromatic heterocycles. The van der Waals surface area contributed by atoms with E-state index in [9.17, 15) is 13.2 Å². The van der Waals surface area contributed by atoms with Crippen molar-refractivity contribution in [3.63, 3.8) is 0 Å². The Hall–Kier alpha value is -0.690. The number of halogens is 5. The summed E-state index contributed by atoms with van der Waals surface area (Å²) in [5.41, 5.74) is 0.993. The molecule has 0 amide bonds. The molecule has 1 aromatic carbocycles. The largest absolute Gasteiger partial charge is 0.496 e. The molecular weight excluding hydrogens is 340 g/mol. The van der Waals surface area contributed by atoms with Crippen LogP contribution in [0.25, 0.3) is 0 Å². The molecule has 0 unspecified atom stereocenters. The van der Waals surface area contributed by atoms with Gasteiger partial charge in [-0.25, -0.2) is 0 Å². The highest BCUT2D eigenvalue weighted by atomic mass is 35.5. The first-order valence-corrected chi connectivity index (χ1v) is 6.59. The average Bonchev–Trinajstić information content (AvgIpc) is 2.39. The molecule has 1 aromatic rings. The van der Waals surface area contributed by atoms with Crippen molar-refractivity contribution in [3.8, 4) is 5.75 Å². The molecule has 8 heteroatoms. The van der Waals surface area contributed by atoms with Crippen molar-refractivity contribution in [2.24, 2.45) is 0 Å².